The van der Waals surface area contributed by atoms with Gasteiger partial charge in [-0.15, -0.1) is 0 Å². The molecule has 2 atom stereocenters. The Morgan fingerprint density at radius 2 is 2.00 bits per heavy atom. The lowest BCUT2D eigenvalue weighted by molar-refractivity contribution is 0.663. The maximum absolute atomic E-state index is 3.58. The highest BCUT2D eigenvalue weighted by molar-refractivity contribution is 5.27. The molecule has 2 nitrogen and oxygen atoms in total. The average Bonchev–Trinajstić information content (AvgIpc) is 2.93. The zero-order chi connectivity index (χ0) is 10.8. The van der Waals surface area contributed by atoms with Gasteiger partial charge in [-0.3, -0.25) is 0 Å². The second-order valence-corrected chi connectivity index (χ2v) is 4.44. The van der Waals surface area contributed by atoms with Gasteiger partial charge >= 0.3 is 0 Å². The molecule has 82 valence electrons. The van der Waals surface area contributed by atoms with E-state index in [1.807, 2.05) is 12.3 Å². The molecule has 2 heteroatoms. The van der Waals surface area contributed by atoms with Crippen LogP contribution in [0.1, 0.15) is 23.6 Å². The molecule has 3 rings (SSSR count). The van der Waals surface area contributed by atoms with E-state index in [-0.39, 0.29) is 0 Å². The Morgan fingerprint density at radius 3 is 2.75 bits per heavy atom. The third-order valence-electron chi connectivity index (χ3n) is 3.24. The summed E-state index contributed by atoms with van der Waals surface area (Å²) in [5, 5.41) is 3.58. The Balaban J connectivity index is 1.53. The van der Waals surface area contributed by atoms with Crippen LogP contribution in [0.25, 0.3) is 0 Å². The third kappa shape index (κ3) is 2.02. The van der Waals surface area contributed by atoms with Crippen molar-refractivity contribution in [3.8, 4) is 0 Å². The average molecular weight is 212 g/mol. The van der Waals surface area contributed by atoms with E-state index < -0.39 is 0 Å². The zero-order valence-corrected chi connectivity index (χ0v) is 9.19. The maximum Gasteiger partial charge on any atom is 0.0359 e. The van der Waals surface area contributed by atoms with Gasteiger partial charge in [-0.1, -0.05) is 30.3 Å². The summed E-state index contributed by atoms with van der Waals surface area (Å²) in [6, 6.07) is 15.6. The number of H-pyrrole nitrogens is 1. The Morgan fingerprint density at radius 1 is 1.12 bits per heavy atom. The van der Waals surface area contributed by atoms with E-state index in [1.165, 1.54) is 17.7 Å². The van der Waals surface area contributed by atoms with Crippen molar-refractivity contribution in [3.05, 3.63) is 59.9 Å². The first-order valence-corrected chi connectivity index (χ1v) is 5.84. The van der Waals surface area contributed by atoms with Crippen molar-refractivity contribution in [2.75, 3.05) is 0 Å². The van der Waals surface area contributed by atoms with Gasteiger partial charge in [0.1, 0.15) is 0 Å². The molecule has 1 heterocycles. The van der Waals surface area contributed by atoms with Crippen LogP contribution in [0, 0.1) is 0 Å². The van der Waals surface area contributed by atoms with Crippen LogP contribution >= 0.6 is 0 Å². The van der Waals surface area contributed by atoms with Crippen LogP contribution in [-0.2, 0) is 6.54 Å². The molecule has 1 aliphatic carbocycles. The van der Waals surface area contributed by atoms with Crippen LogP contribution in [0.2, 0.25) is 0 Å². The summed E-state index contributed by atoms with van der Waals surface area (Å²) in [6.45, 7) is 0.945. The van der Waals surface area contributed by atoms with Gasteiger partial charge in [-0.2, -0.15) is 0 Å². The predicted molar refractivity (Wildman–Crippen MR) is 65.2 cm³/mol. The summed E-state index contributed by atoms with van der Waals surface area (Å²) in [4.78, 5) is 3.21. The molecule has 1 aliphatic rings. The third-order valence-corrected chi connectivity index (χ3v) is 3.24. The van der Waals surface area contributed by atoms with E-state index in [4.69, 9.17) is 0 Å². The van der Waals surface area contributed by atoms with E-state index in [0.717, 1.165) is 12.5 Å². The largest absolute Gasteiger partial charge is 0.364 e. The molecular formula is C14H16N2. The fourth-order valence-corrected chi connectivity index (χ4v) is 2.21. The summed E-state index contributed by atoms with van der Waals surface area (Å²) in [6.07, 6.45) is 3.24. The molecule has 1 saturated carbocycles. The molecule has 1 aromatic carbocycles. The number of nitrogens with one attached hydrogen (secondary N) is 2. The first-order chi connectivity index (χ1) is 7.93. The molecular weight excluding hydrogens is 196 g/mol. The standard InChI is InChI=1S/C14H16N2/c1-2-5-11(6-3-1)13-9-14(13)16-10-12-7-4-8-15-12/h1-8,13-16H,9-10H2. The lowest BCUT2D eigenvalue weighted by Crippen LogP contribution is -2.17. The second-order valence-electron chi connectivity index (χ2n) is 4.44. The highest BCUT2D eigenvalue weighted by Gasteiger charge is 2.37. The molecule has 2 N–H and O–H groups in total. The number of hydrogen-bond acceptors (Lipinski definition) is 1. The Bertz CT molecular complexity index is 433. The molecule has 2 unspecified atom stereocenters. The predicted octanol–water partition coefficient (Wildman–Crippen LogP) is 2.66. The van der Waals surface area contributed by atoms with Gasteiger partial charge in [-0.05, 0) is 24.1 Å². The van der Waals surface area contributed by atoms with E-state index in [2.05, 4.69) is 46.7 Å². The molecule has 0 saturated heterocycles. The van der Waals surface area contributed by atoms with Gasteiger partial charge < -0.3 is 10.3 Å². The lowest BCUT2D eigenvalue weighted by Gasteiger charge is -2.02. The van der Waals surface area contributed by atoms with E-state index in [0.29, 0.717) is 6.04 Å². The fourth-order valence-electron chi connectivity index (χ4n) is 2.21. The number of benzene rings is 1. The summed E-state index contributed by atoms with van der Waals surface area (Å²) in [7, 11) is 0. The van der Waals surface area contributed by atoms with Crippen LogP contribution in [0.4, 0.5) is 0 Å². The van der Waals surface area contributed by atoms with Gasteiger partial charge in [0.2, 0.25) is 0 Å². The van der Waals surface area contributed by atoms with Gasteiger partial charge in [0.25, 0.3) is 0 Å². The van der Waals surface area contributed by atoms with Gasteiger partial charge in [0, 0.05) is 30.4 Å². The quantitative estimate of drug-likeness (QED) is 0.801. The summed E-state index contributed by atoms with van der Waals surface area (Å²) < 4.78 is 0. The highest BCUT2D eigenvalue weighted by atomic mass is 15.0. The summed E-state index contributed by atoms with van der Waals surface area (Å²) in [5.74, 6) is 0.719. The molecule has 1 aromatic heterocycles. The van der Waals surface area contributed by atoms with Crippen molar-refractivity contribution in [3.63, 3.8) is 0 Å². The molecule has 0 aliphatic heterocycles. The maximum atomic E-state index is 3.58. The van der Waals surface area contributed by atoms with Crippen molar-refractivity contribution >= 4 is 0 Å². The first kappa shape index (κ1) is 9.67. The molecule has 0 spiro atoms. The highest BCUT2D eigenvalue weighted by Crippen LogP contribution is 2.40. The van der Waals surface area contributed by atoms with Crippen molar-refractivity contribution in [1.29, 1.82) is 0 Å². The monoisotopic (exact) mass is 212 g/mol. The van der Waals surface area contributed by atoms with Crippen molar-refractivity contribution < 1.29 is 0 Å². The smallest absolute Gasteiger partial charge is 0.0359 e. The topological polar surface area (TPSA) is 27.8 Å². The van der Waals surface area contributed by atoms with Crippen LogP contribution < -0.4 is 5.32 Å². The van der Waals surface area contributed by atoms with Crippen molar-refractivity contribution in [1.82, 2.24) is 10.3 Å². The van der Waals surface area contributed by atoms with Crippen molar-refractivity contribution in [2.24, 2.45) is 0 Å². The van der Waals surface area contributed by atoms with Crippen LogP contribution in [0.3, 0.4) is 0 Å². The molecule has 0 radical (unpaired) electrons. The van der Waals surface area contributed by atoms with Crippen LogP contribution in [0.15, 0.2) is 48.7 Å². The molecule has 0 amide bonds. The van der Waals surface area contributed by atoms with Crippen LogP contribution in [-0.4, -0.2) is 11.0 Å². The number of aromatic nitrogens is 1. The molecule has 1 fully saturated rings. The minimum atomic E-state index is 0.658. The van der Waals surface area contributed by atoms with E-state index in [1.54, 1.807) is 0 Å². The van der Waals surface area contributed by atoms with Gasteiger partial charge in [-0.25, -0.2) is 0 Å². The molecule has 2 aromatic rings. The number of aromatic amines is 1. The Labute approximate surface area is 95.7 Å². The first-order valence-electron chi connectivity index (χ1n) is 5.84. The minimum Gasteiger partial charge on any atom is -0.364 e. The normalized spacial score (nSPS) is 23.2. The molecule has 0 bridgehead atoms. The number of rotatable bonds is 4. The van der Waals surface area contributed by atoms with Crippen molar-refractivity contribution in [2.45, 2.75) is 24.9 Å². The summed E-state index contributed by atoms with van der Waals surface area (Å²) in [5.41, 5.74) is 2.73. The minimum absolute atomic E-state index is 0.658. The van der Waals surface area contributed by atoms with Gasteiger partial charge in [0.05, 0.1) is 0 Å². The zero-order valence-electron chi connectivity index (χ0n) is 9.19. The van der Waals surface area contributed by atoms with E-state index >= 15 is 0 Å². The second kappa shape index (κ2) is 4.14. The molecule has 16 heavy (non-hydrogen) atoms. The SMILES string of the molecule is c1ccc(C2CC2NCc2ccc[nH]2)cc1. The summed E-state index contributed by atoms with van der Waals surface area (Å²) >= 11 is 0. The fraction of sp³-hybridized carbons (Fsp3) is 0.286. The van der Waals surface area contributed by atoms with Crippen LogP contribution in [0.5, 0.6) is 0 Å². The Kier molecular flexibility index (Phi) is 2.50. The van der Waals surface area contributed by atoms with E-state index in [9.17, 15) is 0 Å². The van der Waals surface area contributed by atoms with Gasteiger partial charge in [0.15, 0.2) is 0 Å². The Hall–Kier alpha value is -1.54. The number of hydrogen-bond donors (Lipinski definition) is 2. The lowest BCUT2D eigenvalue weighted by atomic mass is 10.1.